The molecule has 1 aliphatic rings. The topological polar surface area (TPSA) is 71.8 Å². The highest BCUT2D eigenvalue weighted by atomic mass is 79.9. The molecule has 1 aromatic rings. The average Bonchev–Trinajstić information content (AvgIpc) is 2.42. The van der Waals surface area contributed by atoms with Gasteiger partial charge in [0.1, 0.15) is 6.54 Å². The molecule has 2 rings (SSSR count). The molecule has 1 saturated heterocycles. The van der Waals surface area contributed by atoms with Gasteiger partial charge in [-0.3, -0.25) is 9.59 Å². The van der Waals surface area contributed by atoms with E-state index in [9.17, 15) is 9.59 Å². The van der Waals surface area contributed by atoms with Gasteiger partial charge in [-0.05, 0) is 28.9 Å². The molecular weight excluding hydrogens is 328 g/mol. The van der Waals surface area contributed by atoms with Crippen molar-refractivity contribution in [2.45, 2.75) is 25.7 Å². The maximum absolute atomic E-state index is 12.3. The van der Waals surface area contributed by atoms with Crippen molar-refractivity contribution in [2.24, 2.45) is 0 Å². The Hall–Kier alpha value is -1.18. The predicted octanol–water partition coefficient (Wildman–Crippen LogP) is 0.219. The van der Waals surface area contributed by atoms with Gasteiger partial charge >= 0.3 is 0 Å². The molecule has 20 heavy (non-hydrogen) atoms. The SMILES string of the molecule is CC1CN(C(=O)Cn2cc(Br)ccc2=O)CC(CO)O1. The third-order valence-electron chi connectivity index (χ3n) is 3.14. The molecule has 110 valence electrons. The number of pyridine rings is 1. The summed E-state index contributed by atoms with van der Waals surface area (Å²) in [5.74, 6) is -0.154. The van der Waals surface area contributed by atoms with E-state index in [2.05, 4.69) is 15.9 Å². The third-order valence-corrected chi connectivity index (χ3v) is 3.60. The lowest BCUT2D eigenvalue weighted by atomic mass is 10.2. The minimum atomic E-state index is -0.359. The van der Waals surface area contributed by atoms with E-state index in [0.717, 1.165) is 4.47 Å². The molecule has 0 aliphatic carbocycles. The molecule has 0 radical (unpaired) electrons. The molecule has 2 heterocycles. The fourth-order valence-corrected chi connectivity index (χ4v) is 2.60. The summed E-state index contributed by atoms with van der Waals surface area (Å²) in [6, 6.07) is 3.05. The van der Waals surface area contributed by atoms with Crippen molar-refractivity contribution in [1.82, 2.24) is 9.47 Å². The number of halogens is 1. The molecule has 1 aliphatic heterocycles. The number of carbonyl (C=O) groups excluding carboxylic acids is 1. The first kappa shape index (κ1) is 15.2. The number of carbonyl (C=O) groups is 1. The second-order valence-corrected chi connectivity index (χ2v) is 5.78. The highest BCUT2D eigenvalue weighted by Crippen LogP contribution is 2.12. The van der Waals surface area contributed by atoms with Crippen molar-refractivity contribution >= 4 is 21.8 Å². The van der Waals surface area contributed by atoms with E-state index in [1.807, 2.05) is 6.92 Å². The Balaban J connectivity index is 2.07. The first-order valence-corrected chi connectivity index (χ1v) is 7.19. The maximum atomic E-state index is 12.3. The summed E-state index contributed by atoms with van der Waals surface area (Å²) in [5.41, 5.74) is -0.221. The van der Waals surface area contributed by atoms with E-state index in [-0.39, 0.29) is 36.8 Å². The van der Waals surface area contributed by atoms with E-state index in [0.29, 0.717) is 13.1 Å². The molecule has 7 heteroatoms. The third kappa shape index (κ3) is 3.68. The van der Waals surface area contributed by atoms with Gasteiger partial charge in [-0.1, -0.05) is 0 Å². The summed E-state index contributed by atoms with van der Waals surface area (Å²) in [6.45, 7) is 2.54. The average molecular weight is 345 g/mol. The predicted molar refractivity (Wildman–Crippen MR) is 76.4 cm³/mol. The Morgan fingerprint density at radius 2 is 2.25 bits per heavy atom. The summed E-state index contributed by atoms with van der Waals surface area (Å²) in [6.07, 6.45) is 1.11. The van der Waals surface area contributed by atoms with Crippen LogP contribution in [0.15, 0.2) is 27.6 Å². The second-order valence-electron chi connectivity index (χ2n) is 4.86. The zero-order chi connectivity index (χ0) is 14.7. The van der Waals surface area contributed by atoms with Crippen molar-refractivity contribution in [1.29, 1.82) is 0 Å². The van der Waals surface area contributed by atoms with E-state index in [1.54, 1.807) is 17.2 Å². The monoisotopic (exact) mass is 344 g/mol. The molecule has 0 spiro atoms. The first-order valence-electron chi connectivity index (χ1n) is 6.39. The number of hydrogen-bond acceptors (Lipinski definition) is 4. The Labute approximate surface area is 125 Å². The van der Waals surface area contributed by atoms with Crippen LogP contribution >= 0.6 is 15.9 Å². The number of morpholine rings is 1. The van der Waals surface area contributed by atoms with Gasteiger partial charge in [0.2, 0.25) is 5.91 Å². The number of ether oxygens (including phenoxy) is 1. The van der Waals surface area contributed by atoms with Crippen LogP contribution in [0.3, 0.4) is 0 Å². The summed E-state index contributed by atoms with van der Waals surface area (Å²) in [7, 11) is 0. The number of rotatable bonds is 3. The van der Waals surface area contributed by atoms with Gasteiger partial charge in [-0.15, -0.1) is 0 Å². The van der Waals surface area contributed by atoms with Gasteiger partial charge in [0.15, 0.2) is 0 Å². The Bertz CT molecular complexity index is 545. The van der Waals surface area contributed by atoms with Crippen LogP contribution in [0.25, 0.3) is 0 Å². The second kappa shape index (κ2) is 6.51. The number of hydrogen-bond donors (Lipinski definition) is 1. The molecule has 0 saturated carbocycles. The minimum Gasteiger partial charge on any atom is -0.394 e. The largest absolute Gasteiger partial charge is 0.394 e. The number of aromatic nitrogens is 1. The molecular formula is C13H17BrN2O4. The molecule has 2 unspecified atom stereocenters. The molecule has 1 fully saturated rings. The van der Waals surface area contributed by atoms with E-state index >= 15 is 0 Å². The van der Waals surface area contributed by atoms with Crippen molar-refractivity contribution in [2.75, 3.05) is 19.7 Å². The van der Waals surface area contributed by atoms with Crippen molar-refractivity contribution in [3.63, 3.8) is 0 Å². The quantitative estimate of drug-likeness (QED) is 0.851. The van der Waals surface area contributed by atoms with Crippen LogP contribution in [0, 0.1) is 0 Å². The fraction of sp³-hybridized carbons (Fsp3) is 0.538. The van der Waals surface area contributed by atoms with E-state index in [4.69, 9.17) is 9.84 Å². The normalized spacial score (nSPS) is 22.9. The van der Waals surface area contributed by atoms with Crippen LogP contribution < -0.4 is 5.56 Å². The summed E-state index contributed by atoms with van der Waals surface area (Å²) in [4.78, 5) is 25.6. The van der Waals surface area contributed by atoms with Crippen LogP contribution in [0.5, 0.6) is 0 Å². The lowest BCUT2D eigenvalue weighted by molar-refractivity contribution is -0.147. The van der Waals surface area contributed by atoms with E-state index < -0.39 is 0 Å². The molecule has 2 atom stereocenters. The van der Waals surface area contributed by atoms with Crippen LogP contribution in [-0.2, 0) is 16.1 Å². The van der Waals surface area contributed by atoms with Crippen LogP contribution in [-0.4, -0.2) is 52.4 Å². The standard InChI is InChI=1S/C13H17BrN2O4/c1-9-4-15(6-11(8-17)20-9)13(19)7-16-5-10(14)2-3-12(16)18/h2-3,5,9,11,17H,4,6-8H2,1H3. The maximum Gasteiger partial charge on any atom is 0.251 e. The van der Waals surface area contributed by atoms with Gasteiger partial charge in [-0.25, -0.2) is 0 Å². The molecule has 0 aromatic carbocycles. The number of nitrogens with zero attached hydrogens (tertiary/aromatic N) is 2. The van der Waals surface area contributed by atoms with Gasteiger partial charge in [0.05, 0.1) is 18.8 Å². The number of amides is 1. The van der Waals surface area contributed by atoms with Crippen LogP contribution in [0.1, 0.15) is 6.92 Å². The first-order chi connectivity index (χ1) is 9.49. The van der Waals surface area contributed by atoms with Crippen molar-refractivity contribution in [3.8, 4) is 0 Å². The summed E-state index contributed by atoms with van der Waals surface area (Å²) >= 11 is 3.27. The summed E-state index contributed by atoms with van der Waals surface area (Å²) in [5, 5.41) is 9.15. The lowest BCUT2D eigenvalue weighted by Crippen LogP contribution is -2.51. The fourth-order valence-electron chi connectivity index (χ4n) is 2.22. The Morgan fingerprint density at radius 1 is 1.50 bits per heavy atom. The van der Waals surface area contributed by atoms with E-state index in [1.165, 1.54) is 10.6 Å². The van der Waals surface area contributed by atoms with Crippen molar-refractivity contribution < 1.29 is 14.6 Å². The van der Waals surface area contributed by atoms with Crippen LogP contribution in [0.2, 0.25) is 0 Å². The zero-order valence-corrected chi connectivity index (χ0v) is 12.7. The lowest BCUT2D eigenvalue weighted by Gasteiger charge is -2.36. The molecule has 0 bridgehead atoms. The van der Waals surface area contributed by atoms with Gasteiger partial charge in [-0.2, -0.15) is 0 Å². The van der Waals surface area contributed by atoms with Crippen LogP contribution in [0.4, 0.5) is 0 Å². The number of aliphatic hydroxyl groups excluding tert-OH is 1. The van der Waals surface area contributed by atoms with Gasteiger partial charge in [0.25, 0.3) is 5.56 Å². The summed E-state index contributed by atoms with van der Waals surface area (Å²) < 4.78 is 7.59. The highest BCUT2D eigenvalue weighted by molar-refractivity contribution is 9.10. The highest BCUT2D eigenvalue weighted by Gasteiger charge is 2.27. The Morgan fingerprint density at radius 3 is 2.95 bits per heavy atom. The molecule has 1 aromatic heterocycles. The van der Waals surface area contributed by atoms with Gasteiger partial charge in [0, 0.05) is 29.8 Å². The molecule has 6 nitrogen and oxygen atoms in total. The van der Waals surface area contributed by atoms with Crippen molar-refractivity contribution in [3.05, 3.63) is 33.2 Å². The number of aliphatic hydroxyl groups is 1. The Kier molecular flexibility index (Phi) is 4.95. The minimum absolute atomic E-state index is 0.0108. The van der Waals surface area contributed by atoms with Gasteiger partial charge < -0.3 is 19.3 Å². The molecule has 1 N–H and O–H groups in total. The zero-order valence-electron chi connectivity index (χ0n) is 11.2. The molecule has 1 amide bonds. The smallest absolute Gasteiger partial charge is 0.251 e.